The van der Waals surface area contributed by atoms with E-state index in [9.17, 15) is 9.59 Å². The lowest BCUT2D eigenvalue weighted by Gasteiger charge is -2.31. The summed E-state index contributed by atoms with van der Waals surface area (Å²) in [5, 5.41) is 0. The second-order valence-electron chi connectivity index (χ2n) is 7.27. The van der Waals surface area contributed by atoms with Crippen molar-refractivity contribution >= 4 is 12.1 Å². The first kappa shape index (κ1) is 19.7. The van der Waals surface area contributed by atoms with E-state index in [1.165, 1.54) is 7.11 Å². The van der Waals surface area contributed by atoms with Gasteiger partial charge in [0.05, 0.1) is 31.8 Å². The maximum absolute atomic E-state index is 12.0. The fourth-order valence-corrected chi connectivity index (χ4v) is 2.53. The molecule has 1 fully saturated rings. The van der Waals surface area contributed by atoms with Crippen molar-refractivity contribution in [3.63, 3.8) is 0 Å². The summed E-state index contributed by atoms with van der Waals surface area (Å²) in [7, 11) is 3.15. The van der Waals surface area contributed by atoms with E-state index in [4.69, 9.17) is 14.2 Å². The summed E-state index contributed by atoms with van der Waals surface area (Å²) >= 11 is 0. The maximum atomic E-state index is 12.0. The Bertz CT molecular complexity index is 396. The molecule has 0 spiro atoms. The predicted octanol–water partition coefficient (Wildman–Crippen LogP) is 2.99. The molecule has 1 saturated carbocycles. The lowest BCUT2D eigenvalue weighted by molar-refractivity contribution is -0.147. The highest BCUT2D eigenvalue weighted by Gasteiger charge is 2.28. The van der Waals surface area contributed by atoms with E-state index in [0.717, 1.165) is 25.7 Å². The van der Waals surface area contributed by atoms with E-state index >= 15 is 0 Å². The molecule has 1 aliphatic rings. The van der Waals surface area contributed by atoms with Crippen LogP contribution in [0.3, 0.4) is 0 Å². The van der Waals surface area contributed by atoms with E-state index < -0.39 is 5.60 Å². The molecule has 23 heavy (non-hydrogen) atoms. The van der Waals surface area contributed by atoms with Crippen molar-refractivity contribution in [3.05, 3.63) is 0 Å². The Morgan fingerprint density at radius 1 is 1.17 bits per heavy atom. The van der Waals surface area contributed by atoms with Gasteiger partial charge in [0, 0.05) is 7.05 Å². The van der Waals surface area contributed by atoms with Gasteiger partial charge < -0.3 is 19.1 Å². The lowest BCUT2D eigenvalue weighted by atomic mass is 9.87. The summed E-state index contributed by atoms with van der Waals surface area (Å²) in [5.74, 6) is -0.122. The summed E-state index contributed by atoms with van der Waals surface area (Å²) in [6.45, 7) is 7.94. The van der Waals surface area contributed by atoms with Crippen molar-refractivity contribution in [3.8, 4) is 0 Å². The average Bonchev–Trinajstić information content (AvgIpc) is 2.49. The topological polar surface area (TPSA) is 65.1 Å². The van der Waals surface area contributed by atoms with Gasteiger partial charge >= 0.3 is 12.1 Å². The van der Waals surface area contributed by atoms with Crippen LogP contribution in [0.1, 0.15) is 53.4 Å². The zero-order valence-electron chi connectivity index (χ0n) is 15.3. The monoisotopic (exact) mass is 329 g/mol. The van der Waals surface area contributed by atoms with Gasteiger partial charge in [-0.15, -0.1) is 0 Å². The van der Waals surface area contributed by atoms with Crippen LogP contribution in [0.5, 0.6) is 0 Å². The highest BCUT2D eigenvalue weighted by molar-refractivity contribution is 5.72. The second kappa shape index (κ2) is 8.52. The second-order valence-corrected chi connectivity index (χ2v) is 7.27. The summed E-state index contributed by atoms with van der Waals surface area (Å²) in [6, 6.07) is -0.0665. The molecule has 0 aromatic carbocycles. The van der Waals surface area contributed by atoms with Gasteiger partial charge in [0.25, 0.3) is 0 Å². The number of nitrogens with zero attached hydrogens (tertiary/aromatic N) is 1. The van der Waals surface area contributed by atoms with Crippen molar-refractivity contribution in [2.45, 2.75) is 71.1 Å². The van der Waals surface area contributed by atoms with Crippen molar-refractivity contribution in [2.24, 2.45) is 5.92 Å². The van der Waals surface area contributed by atoms with Gasteiger partial charge in [0.1, 0.15) is 5.60 Å². The van der Waals surface area contributed by atoms with E-state index in [1.807, 2.05) is 27.7 Å². The molecular weight excluding hydrogens is 298 g/mol. The van der Waals surface area contributed by atoms with Gasteiger partial charge in [-0.25, -0.2) is 4.79 Å². The smallest absolute Gasteiger partial charge is 0.410 e. The first-order chi connectivity index (χ1) is 10.6. The summed E-state index contributed by atoms with van der Waals surface area (Å²) in [6.07, 6.45) is 3.10. The molecule has 1 atom stereocenters. The third-order valence-corrected chi connectivity index (χ3v) is 4.12. The molecular formula is C17H31NO5. The lowest BCUT2D eigenvalue weighted by Crippen LogP contribution is -2.42. The van der Waals surface area contributed by atoms with E-state index in [2.05, 4.69) is 0 Å². The van der Waals surface area contributed by atoms with Crippen molar-refractivity contribution in [1.29, 1.82) is 0 Å². The molecule has 6 heteroatoms. The van der Waals surface area contributed by atoms with Gasteiger partial charge in [-0.2, -0.15) is 0 Å². The molecule has 134 valence electrons. The molecule has 1 amide bonds. The molecule has 1 rings (SSSR count). The fourth-order valence-electron chi connectivity index (χ4n) is 2.53. The molecule has 0 N–H and O–H groups in total. The standard InChI is InChI=1S/C17H31NO5/c1-12(18(5)16(20)23-17(2,3)4)11-22-14-9-7-13(8-10-14)15(19)21-6/h12-14H,7-11H2,1-6H3/t12-,13?,14?/m0/s1. The predicted molar refractivity (Wildman–Crippen MR) is 87.2 cm³/mol. The Balaban J connectivity index is 2.32. The Morgan fingerprint density at radius 3 is 2.22 bits per heavy atom. The molecule has 0 radical (unpaired) electrons. The van der Waals surface area contributed by atoms with Crippen molar-refractivity contribution in [2.75, 3.05) is 20.8 Å². The number of ether oxygens (including phenoxy) is 3. The van der Waals surface area contributed by atoms with Gasteiger partial charge in [0.2, 0.25) is 0 Å². The first-order valence-corrected chi connectivity index (χ1v) is 8.29. The summed E-state index contributed by atoms with van der Waals surface area (Å²) in [5.41, 5.74) is -0.502. The molecule has 1 aliphatic carbocycles. The minimum absolute atomic E-state index is 0.00158. The SMILES string of the molecule is COC(=O)C1CCC(OC[C@H](C)N(C)C(=O)OC(C)(C)C)CC1. The first-order valence-electron chi connectivity index (χ1n) is 8.29. The molecule has 0 aromatic heterocycles. The van der Waals surface area contributed by atoms with Crippen LogP contribution in [-0.4, -0.2) is 55.5 Å². The van der Waals surface area contributed by atoms with Gasteiger partial charge in [-0.3, -0.25) is 4.79 Å². The number of carbonyl (C=O) groups excluding carboxylic acids is 2. The maximum Gasteiger partial charge on any atom is 0.410 e. The van der Waals surface area contributed by atoms with Gasteiger partial charge in [0.15, 0.2) is 0 Å². The Hall–Kier alpha value is -1.30. The van der Waals surface area contributed by atoms with Crippen molar-refractivity contribution < 1.29 is 23.8 Å². The summed E-state index contributed by atoms with van der Waals surface area (Å²) in [4.78, 5) is 25.1. The number of hydrogen-bond acceptors (Lipinski definition) is 5. The van der Waals surface area contributed by atoms with Gasteiger partial charge in [-0.1, -0.05) is 0 Å². The third-order valence-electron chi connectivity index (χ3n) is 4.12. The molecule has 0 unspecified atom stereocenters. The highest BCUT2D eigenvalue weighted by atomic mass is 16.6. The summed E-state index contributed by atoms with van der Waals surface area (Å²) < 4.78 is 16.0. The number of methoxy groups -OCH3 is 1. The normalized spacial score (nSPS) is 23.0. The van der Waals surface area contributed by atoms with Gasteiger partial charge in [-0.05, 0) is 53.4 Å². The molecule has 0 heterocycles. The van der Waals surface area contributed by atoms with Crippen LogP contribution in [-0.2, 0) is 19.0 Å². The zero-order valence-corrected chi connectivity index (χ0v) is 15.3. The minimum Gasteiger partial charge on any atom is -0.469 e. The number of esters is 1. The van der Waals surface area contributed by atoms with Crippen LogP contribution >= 0.6 is 0 Å². The van der Waals surface area contributed by atoms with Crippen LogP contribution in [0.2, 0.25) is 0 Å². The van der Waals surface area contributed by atoms with E-state index in [0.29, 0.717) is 6.61 Å². The van der Waals surface area contributed by atoms with Crippen LogP contribution < -0.4 is 0 Å². The Morgan fingerprint density at radius 2 is 1.74 bits per heavy atom. The highest BCUT2D eigenvalue weighted by Crippen LogP contribution is 2.27. The Labute approximate surface area is 139 Å². The molecule has 0 bridgehead atoms. The zero-order chi connectivity index (χ0) is 17.6. The quantitative estimate of drug-likeness (QED) is 0.726. The van der Waals surface area contributed by atoms with Crippen molar-refractivity contribution in [1.82, 2.24) is 4.90 Å². The number of amides is 1. The number of hydrogen-bond donors (Lipinski definition) is 0. The van der Waals surface area contributed by atoms with Crippen LogP contribution in [0.4, 0.5) is 4.79 Å². The average molecular weight is 329 g/mol. The molecule has 0 aromatic rings. The van der Waals surface area contributed by atoms with Crippen LogP contribution in [0.15, 0.2) is 0 Å². The third kappa shape index (κ3) is 6.77. The van der Waals surface area contributed by atoms with E-state index in [1.54, 1.807) is 11.9 Å². The number of carbonyl (C=O) groups is 2. The van der Waals surface area contributed by atoms with E-state index in [-0.39, 0.29) is 30.1 Å². The molecule has 0 saturated heterocycles. The molecule has 0 aliphatic heterocycles. The fraction of sp³-hybridized carbons (Fsp3) is 0.882. The van der Waals surface area contributed by atoms with Crippen LogP contribution in [0, 0.1) is 5.92 Å². The molecule has 6 nitrogen and oxygen atoms in total. The minimum atomic E-state index is -0.502. The largest absolute Gasteiger partial charge is 0.469 e. The number of rotatable bonds is 5. The van der Waals surface area contributed by atoms with Crippen LogP contribution in [0.25, 0.3) is 0 Å². The number of likely N-dealkylation sites (N-methyl/N-ethyl adjacent to an activating group) is 1. The Kier molecular flexibility index (Phi) is 7.32.